The molecule has 4 rings (SSSR count). The predicted octanol–water partition coefficient (Wildman–Crippen LogP) is 2.03. The van der Waals surface area contributed by atoms with E-state index in [-0.39, 0.29) is 24.1 Å². The highest BCUT2D eigenvalue weighted by atomic mass is 79.9. The number of carbonyl (C=O) groups excluding carboxylic acids is 2. The summed E-state index contributed by atoms with van der Waals surface area (Å²) in [5.74, 6) is -0.277. The molecule has 166 valence electrons. The number of carbonyl (C=O) groups is 2. The minimum absolute atomic E-state index is 0.0900. The molecule has 1 aliphatic carbocycles. The van der Waals surface area contributed by atoms with Crippen molar-refractivity contribution in [3.05, 3.63) is 46.2 Å². The van der Waals surface area contributed by atoms with E-state index in [0.29, 0.717) is 25.0 Å². The molecule has 0 unspecified atom stereocenters. The number of H-pyrrole nitrogens is 1. The zero-order valence-electron chi connectivity index (χ0n) is 17.6. The number of piperazine rings is 1. The van der Waals surface area contributed by atoms with Gasteiger partial charge in [-0.15, -0.1) is 0 Å². The first-order valence-electron chi connectivity index (χ1n) is 10.9. The monoisotopic (exact) mass is 488 g/mol. The summed E-state index contributed by atoms with van der Waals surface area (Å²) in [6, 6.07) is 5.94. The summed E-state index contributed by atoms with van der Waals surface area (Å²) in [5, 5.41) is 13.3. The van der Waals surface area contributed by atoms with E-state index in [4.69, 9.17) is 5.11 Å². The van der Waals surface area contributed by atoms with E-state index in [1.165, 1.54) is 0 Å². The van der Waals surface area contributed by atoms with Crippen molar-refractivity contribution < 1.29 is 14.7 Å². The van der Waals surface area contributed by atoms with E-state index in [1.54, 1.807) is 6.20 Å². The van der Waals surface area contributed by atoms with Crippen LogP contribution in [0.1, 0.15) is 24.3 Å². The van der Waals surface area contributed by atoms with Gasteiger partial charge in [-0.1, -0.05) is 22.0 Å². The summed E-state index contributed by atoms with van der Waals surface area (Å²) in [5.41, 5.74) is 2.32. The molecule has 0 spiro atoms. The Kier molecular flexibility index (Phi) is 7.22. The third kappa shape index (κ3) is 5.09. The first-order valence-corrected chi connectivity index (χ1v) is 11.7. The molecule has 1 aliphatic heterocycles. The quantitative estimate of drug-likeness (QED) is 0.314. The number of aromatic amines is 1. The molecular weight excluding hydrogens is 460 g/mol. The molecular formula is C23H29BrN4O3. The Morgan fingerprint density at radius 1 is 1.10 bits per heavy atom. The molecule has 2 aromatic rings. The molecule has 8 heteroatoms. The number of rotatable bonds is 7. The smallest absolute Gasteiger partial charge is 0.168 e. The van der Waals surface area contributed by atoms with Gasteiger partial charge < -0.3 is 15.4 Å². The highest BCUT2D eigenvalue weighted by molar-refractivity contribution is 9.10. The fourth-order valence-corrected chi connectivity index (χ4v) is 5.13. The molecule has 7 nitrogen and oxygen atoms in total. The normalized spacial score (nSPS) is 21.1. The van der Waals surface area contributed by atoms with Crippen molar-refractivity contribution in [3.8, 4) is 0 Å². The summed E-state index contributed by atoms with van der Waals surface area (Å²) in [4.78, 5) is 33.3. The van der Waals surface area contributed by atoms with Gasteiger partial charge in [0.1, 0.15) is 0 Å². The molecule has 1 aromatic heterocycles. The Morgan fingerprint density at radius 3 is 2.45 bits per heavy atom. The number of aliphatic hydroxyl groups is 1. The highest BCUT2D eigenvalue weighted by Gasteiger charge is 2.32. The van der Waals surface area contributed by atoms with Gasteiger partial charge in [0.2, 0.25) is 0 Å². The molecule has 2 heterocycles. The average Bonchev–Trinajstić information content (AvgIpc) is 3.19. The second-order valence-electron chi connectivity index (χ2n) is 8.28. The Labute approximate surface area is 190 Å². The molecule has 2 fully saturated rings. The minimum Gasteiger partial charge on any atom is -0.395 e. The first-order chi connectivity index (χ1) is 15.1. The van der Waals surface area contributed by atoms with E-state index < -0.39 is 0 Å². The number of β-amino-alcohol motifs (C(OH)–C–C–N with tert-alkyl or cyclic N) is 1. The van der Waals surface area contributed by atoms with Gasteiger partial charge in [0.05, 0.1) is 12.2 Å². The van der Waals surface area contributed by atoms with Crippen LogP contribution in [-0.4, -0.2) is 83.9 Å². The number of aromatic nitrogens is 1. The third-order valence-electron chi connectivity index (χ3n) is 6.29. The number of allylic oxidation sites excluding steroid dienone is 1. The summed E-state index contributed by atoms with van der Waals surface area (Å²) >= 11 is 3.59. The van der Waals surface area contributed by atoms with Gasteiger partial charge in [-0.05, 0) is 17.7 Å². The van der Waals surface area contributed by atoms with Crippen LogP contribution in [-0.2, 0) is 9.59 Å². The molecule has 0 bridgehead atoms. The zero-order valence-corrected chi connectivity index (χ0v) is 19.2. The Morgan fingerprint density at radius 2 is 1.77 bits per heavy atom. The summed E-state index contributed by atoms with van der Waals surface area (Å²) < 4.78 is 0.973. The number of hydrogen-bond donors (Lipinski definition) is 3. The highest BCUT2D eigenvalue weighted by Crippen LogP contribution is 2.38. The largest absolute Gasteiger partial charge is 0.395 e. The van der Waals surface area contributed by atoms with Crippen molar-refractivity contribution in [2.45, 2.75) is 18.8 Å². The maximum absolute atomic E-state index is 12.7. The van der Waals surface area contributed by atoms with Gasteiger partial charge in [0.25, 0.3) is 0 Å². The molecule has 2 aliphatic rings. The summed E-state index contributed by atoms with van der Waals surface area (Å²) in [6.45, 7) is 6.37. The number of ketones is 2. The fraction of sp³-hybridized carbons (Fsp3) is 0.478. The van der Waals surface area contributed by atoms with Gasteiger partial charge in [-0.3, -0.25) is 19.4 Å². The van der Waals surface area contributed by atoms with Crippen LogP contribution in [0.4, 0.5) is 0 Å². The summed E-state index contributed by atoms with van der Waals surface area (Å²) in [7, 11) is 0. The Bertz CT molecular complexity index is 958. The van der Waals surface area contributed by atoms with Gasteiger partial charge in [-0.2, -0.15) is 0 Å². The van der Waals surface area contributed by atoms with Crippen LogP contribution in [0.25, 0.3) is 10.9 Å². The molecule has 31 heavy (non-hydrogen) atoms. The number of fused-ring (bicyclic) bond motifs is 1. The van der Waals surface area contributed by atoms with E-state index in [0.717, 1.165) is 60.2 Å². The summed E-state index contributed by atoms with van der Waals surface area (Å²) in [6.07, 6.45) is 4.24. The lowest BCUT2D eigenvalue weighted by atomic mass is 9.80. The predicted molar refractivity (Wildman–Crippen MR) is 124 cm³/mol. The van der Waals surface area contributed by atoms with Gasteiger partial charge >= 0.3 is 0 Å². The zero-order chi connectivity index (χ0) is 21.8. The molecule has 1 aromatic carbocycles. The first kappa shape index (κ1) is 22.2. The molecule has 0 radical (unpaired) electrons. The van der Waals surface area contributed by atoms with Crippen molar-refractivity contribution in [2.24, 2.45) is 0 Å². The van der Waals surface area contributed by atoms with E-state index >= 15 is 0 Å². The van der Waals surface area contributed by atoms with Gasteiger partial charge in [-0.25, -0.2) is 0 Å². The number of hydrogen-bond acceptors (Lipinski definition) is 6. The number of nitrogens with zero attached hydrogens (tertiary/aromatic N) is 2. The molecule has 0 amide bonds. The Hall–Kier alpha value is -2.00. The standard InChI is InChI=1S/C23H29BrN4O3/c24-19-2-1-3-20-23(19)17(15-26-20)16-12-21(30)18(22(31)13-16)14-25-4-5-27-6-8-28(9-7-27)10-11-29/h1-3,14-16,25-26,29H,4-13H2. The van der Waals surface area contributed by atoms with Crippen LogP contribution < -0.4 is 5.32 Å². The molecule has 0 atom stereocenters. The number of halogens is 1. The number of benzene rings is 1. The van der Waals surface area contributed by atoms with E-state index in [2.05, 4.69) is 36.0 Å². The van der Waals surface area contributed by atoms with Crippen molar-refractivity contribution in [1.82, 2.24) is 20.1 Å². The average molecular weight is 489 g/mol. The Balaban J connectivity index is 1.31. The van der Waals surface area contributed by atoms with E-state index in [9.17, 15) is 9.59 Å². The maximum Gasteiger partial charge on any atom is 0.168 e. The van der Waals surface area contributed by atoms with Crippen LogP contribution >= 0.6 is 15.9 Å². The lowest BCUT2D eigenvalue weighted by Gasteiger charge is -2.34. The minimum atomic E-state index is -0.0974. The van der Waals surface area contributed by atoms with Gasteiger partial charge in [0, 0.05) is 92.3 Å². The van der Waals surface area contributed by atoms with Crippen LogP contribution in [0.5, 0.6) is 0 Å². The third-order valence-corrected chi connectivity index (χ3v) is 6.95. The topological polar surface area (TPSA) is 88.7 Å². The molecule has 1 saturated heterocycles. The van der Waals surface area contributed by atoms with Crippen molar-refractivity contribution in [2.75, 3.05) is 52.4 Å². The SMILES string of the molecule is O=C1CC(c2c[nH]c3cccc(Br)c23)CC(=O)C1=CNCCN1CCN(CCO)CC1. The molecule has 3 N–H and O–H groups in total. The van der Waals surface area contributed by atoms with Crippen LogP contribution in [0, 0.1) is 0 Å². The van der Waals surface area contributed by atoms with Crippen molar-refractivity contribution in [1.29, 1.82) is 0 Å². The van der Waals surface area contributed by atoms with Crippen molar-refractivity contribution in [3.63, 3.8) is 0 Å². The number of aliphatic hydroxyl groups excluding tert-OH is 1. The second-order valence-corrected chi connectivity index (χ2v) is 9.13. The lowest BCUT2D eigenvalue weighted by molar-refractivity contribution is -0.124. The fourth-order valence-electron chi connectivity index (χ4n) is 4.54. The van der Waals surface area contributed by atoms with Gasteiger partial charge in [0.15, 0.2) is 11.6 Å². The lowest BCUT2D eigenvalue weighted by Crippen LogP contribution is -2.48. The number of nitrogens with one attached hydrogen (secondary N) is 2. The van der Waals surface area contributed by atoms with Crippen molar-refractivity contribution >= 4 is 38.4 Å². The van der Waals surface area contributed by atoms with E-state index in [1.807, 2.05) is 24.4 Å². The van der Waals surface area contributed by atoms with Crippen LogP contribution in [0.2, 0.25) is 0 Å². The maximum atomic E-state index is 12.7. The second kappa shape index (κ2) is 10.1. The van der Waals surface area contributed by atoms with Crippen LogP contribution in [0.3, 0.4) is 0 Å². The number of Topliss-reactive ketones (excluding diaryl/α,β-unsaturated/α-hetero) is 2. The van der Waals surface area contributed by atoms with Crippen LogP contribution in [0.15, 0.2) is 40.6 Å². The molecule has 1 saturated carbocycles.